The third-order valence-electron chi connectivity index (χ3n) is 2.41. The molecule has 1 aromatic carbocycles. The van der Waals surface area contributed by atoms with Crippen molar-refractivity contribution in [2.24, 2.45) is 5.73 Å². The second-order valence-electron chi connectivity index (χ2n) is 3.49. The maximum atomic E-state index is 12.5. The first-order valence-corrected chi connectivity index (χ1v) is 5.47. The minimum Gasteiger partial charge on any atom is -0.495 e. The molecule has 0 atom stereocenters. The molecule has 0 unspecified atom stereocenters. The lowest BCUT2D eigenvalue weighted by Crippen LogP contribution is -2.28. The van der Waals surface area contributed by atoms with E-state index < -0.39 is 0 Å². The fourth-order valence-electron chi connectivity index (χ4n) is 1.63. The van der Waals surface area contributed by atoms with Crippen molar-refractivity contribution in [3.63, 3.8) is 0 Å². The number of nitrogens with two attached hydrogens (primary N) is 1. The van der Waals surface area contributed by atoms with E-state index in [1.54, 1.807) is 7.11 Å². The number of ether oxygens (including phenoxy) is 1. The summed E-state index contributed by atoms with van der Waals surface area (Å²) in [6.45, 7) is 1.36. The lowest BCUT2D eigenvalue weighted by molar-refractivity contribution is 0.412. The van der Waals surface area contributed by atoms with Gasteiger partial charge in [-0.1, -0.05) is 12.1 Å². The highest BCUT2D eigenvalue weighted by Crippen LogP contribution is 2.27. The molecule has 0 aliphatic carbocycles. The second kappa shape index (κ2) is 7.06. The van der Waals surface area contributed by atoms with Crippen LogP contribution in [0, 0.1) is 0 Å². The van der Waals surface area contributed by atoms with E-state index in [0.717, 1.165) is 24.4 Å². The molecular weight excluding hydrogens is 207 g/mol. The largest absolute Gasteiger partial charge is 0.495 e. The van der Waals surface area contributed by atoms with Crippen LogP contribution in [0.15, 0.2) is 24.3 Å². The highest BCUT2D eigenvalue weighted by atomic mass is 19.1. The Hall–Kier alpha value is -1.29. The lowest BCUT2D eigenvalue weighted by Gasteiger charge is -2.25. The number of anilines is 1. The summed E-state index contributed by atoms with van der Waals surface area (Å²) in [5.41, 5.74) is 6.40. The van der Waals surface area contributed by atoms with E-state index in [2.05, 4.69) is 0 Å². The van der Waals surface area contributed by atoms with Gasteiger partial charge in [0.2, 0.25) is 0 Å². The molecule has 4 heteroatoms. The fourth-order valence-corrected chi connectivity index (χ4v) is 1.63. The van der Waals surface area contributed by atoms with Gasteiger partial charge in [0, 0.05) is 13.1 Å². The van der Waals surface area contributed by atoms with Crippen molar-refractivity contribution in [1.82, 2.24) is 0 Å². The number of hydrogen-bond acceptors (Lipinski definition) is 3. The first-order valence-electron chi connectivity index (χ1n) is 5.47. The summed E-state index contributed by atoms with van der Waals surface area (Å²) < 4.78 is 17.7. The van der Waals surface area contributed by atoms with Crippen molar-refractivity contribution in [1.29, 1.82) is 0 Å². The zero-order valence-corrected chi connectivity index (χ0v) is 9.66. The van der Waals surface area contributed by atoms with Crippen LogP contribution in [0.3, 0.4) is 0 Å². The maximum absolute atomic E-state index is 12.5. The van der Waals surface area contributed by atoms with Gasteiger partial charge in [-0.2, -0.15) is 0 Å². The number of para-hydroxylation sites is 2. The van der Waals surface area contributed by atoms with Crippen molar-refractivity contribution in [2.75, 3.05) is 38.3 Å². The predicted octanol–water partition coefficient (Wildman–Crippen LogP) is 1.82. The number of alkyl halides is 1. The average molecular weight is 226 g/mol. The lowest BCUT2D eigenvalue weighted by atomic mass is 10.2. The molecule has 0 saturated heterocycles. The van der Waals surface area contributed by atoms with Gasteiger partial charge >= 0.3 is 0 Å². The molecule has 0 aliphatic rings. The number of benzene rings is 1. The Morgan fingerprint density at radius 2 is 2.06 bits per heavy atom. The topological polar surface area (TPSA) is 38.5 Å². The molecule has 0 spiro atoms. The summed E-state index contributed by atoms with van der Waals surface area (Å²) in [6.07, 6.45) is 0.845. The van der Waals surface area contributed by atoms with E-state index in [9.17, 15) is 4.39 Å². The van der Waals surface area contributed by atoms with E-state index in [1.807, 2.05) is 29.2 Å². The molecule has 0 radical (unpaired) electrons. The Kier molecular flexibility index (Phi) is 5.64. The van der Waals surface area contributed by atoms with Crippen molar-refractivity contribution >= 4 is 5.69 Å². The van der Waals surface area contributed by atoms with Crippen LogP contribution in [0.4, 0.5) is 10.1 Å². The Morgan fingerprint density at radius 1 is 1.31 bits per heavy atom. The van der Waals surface area contributed by atoms with Crippen molar-refractivity contribution in [2.45, 2.75) is 6.42 Å². The van der Waals surface area contributed by atoms with E-state index >= 15 is 0 Å². The minimum atomic E-state index is -0.372. The van der Waals surface area contributed by atoms with Gasteiger partial charge in [0.1, 0.15) is 12.4 Å². The first kappa shape index (κ1) is 12.8. The molecule has 0 saturated carbocycles. The Labute approximate surface area is 96.0 Å². The van der Waals surface area contributed by atoms with Gasteiger partial charge in [0.25, 0.3) is 0 Å². The molecule has 2 N–H and O–H groups in total. The molecule has 0 amide bonds. The van der Waals surface area contributed by atoms with Gasteiger partial charge < -0.3 is 15.4 Å². The summed E-state index contributed by atoms with van der Waals surface area (Å²) in [5, 5.41) is 0. The molecule has 1 rings (SSSR count). The van der Waals surface area contributed by atoms with Gasteiger partial charge in [-0.05, 0) is 25.1 Å². The van der Waals surface area contributed by atoms with E-state index in [4.69, 9.17) is 10.5 Å². The molecule has 16 heavy (non-hydrogen) atoms. The van der Waals surface area contributed by atoms with Crippen molar-refractivity contribution < 1.29 is 9.13 Å². The summed E-state index contributed by atoms with van der Waals surface area (Å²) in [7, 11) is 1.62. The quantitative estimate of drug-likeness (QED) is 0.770. The zero-order valence-electron chi connectivity index (χ0n) is 9.66. The molecule has 1 aromatic rings. The molecule has 90 valence electrons. The van der Waals surface area contributed by atoms with Crippen LogP contribution in [0.1, 0.15) is 6.42 Å². The highest BCUT2D eigenvalue weighted by Gasteiger charge is 2.10. The summed E-state index contributed by atoms with van der Waals surface area (Å²) in [5.74, 6) is 0.771. The van der Waals surface area contributed by atoms with E-state index in [0.29, 0.717) is 13.1 Å². The maximum Gasteiger partial charge on any atom is 0.142 e. The van der Waals surface area contributed by atoms with Crippen LogP contribution in [0.5, 0.6) is 5.75 Å². The Morgan fingerprint density at radius 3 is 2.69 bits per heavy atom. The number of nitrogens with zero attached hydrogens (tertiary/aromatic N) is 1. The summed E-state index contributed by atoms with van der Waals surface area (Å²) in [6, 6.07) is 7.64. The van der Waals surface area contributed by atoms with Crippen LogP contribution in [-0.2, 0) is 0 Å². The third kappa shape index (κ3) is 3.38. The van der Waals surface area contributed by atoms with Crippen LogP contribution < -0.4 is 15.4 Å². The SMILES string of the molecule is COc1ccccc1N(CCF)CCCN. The van der Waals surface area contributed by atoms with Gasteiger partial charge in [-0.15, -0.1) is 0 Å². The Balaban J connectivity index is 2.81. The van der Waals surface area contributed by atoms with Crippen LogP contribution >= 0.6 is 0 Å². The van der Waals surface area contributed by atoms with Crippen molar-refractivity contribution in [3.8, 4) is 5.75 Å². The summed E-state index contributed by atoms with van der Waals surface area (Å²) >= 11 is 0. The van der Waals surface area contributed by atoms with Gasteiger partial charge in [-0.25, -0.2) is 4.39 Å². The number of methoxy groups -OCH3 is 1. The molecule has 0 aliphatic heterocycles. The number of halogens is 1. The normalized spacial score (nSPS) is 10.2. The second-order valence-corrected chi connectivity index (χ2v) is 3.49. The molecule has 0 bridgehead atoms. The van der Waals surface area contributed by atoms with Gasteiger partial charge in [0.05, 0.1) is 12.8 Å². The standard InChI is InChI=1S/C12H19FN2O/c1-16-12-6-3-2-5-11(12)15(10-7-13)9-4-8-14/h2-3,5-6H,4,7-10,14H2,1H3. The minimum absolute atomic E-state index is 0.372. The molecule has 0 aromatic heterocycles. The summed E-state index contributed by atoms with van der Waals surface area (Å²) in [4.78, 5) is 1.96. The Bertz CT molecular complexity index is 307. The molecule has 3 nitrogen and oxygen atoms in total. The van der Waals surface area contributed by atoms with E-state index in [1.165, 1.54) is 0 Å². The average Bonchev–Trinajstić information content (AvgIpc) is 2.34. The number of rotatable bonds is 7. The van der Waals surface area contributed by atoms with Gasteiger partial charge in [0.15, 0.2) is 0 Å². The van der Waals surface area contributed by atoms with Crippen LogP contribution in [-0.4, -0.2) is 33.4 Å². The van der Waals surface area contributed by atoms with Crippen molar-refractivity contribution in [3.05, 3.63) is 24.3 Å². The monoisotopic (exact) mass is 226 g/mol. The van der Waals surface area contributed by atoms with E-state index in [-0.39, 0.29) is 6.67 Å². The first-order chi connectivity index (χ1) is 7.83. The van der Waals surface area contributed by atoms with Crippen LogP contribution in [0.25, 0.3) is 0 Å². The predicted molar refractivity (Wildman–Crippen MR) is 64.9 cm³/mol. The zero-order chi connectivity index (χ0) is 11.8. The smallest absolute Gasteiger partial charge is 0.142 e. The molecular formula is C12H19FN2O. The fraction of sp³-hybridized carbons (Fsp3) is 0.500. The van der Waals surface area contributed by atoms with Crippen LogP contribution in [0.2, 0.25) is 0 Å². The van der Waals surface area contributed by atoms with Gasteiger partial charge in [-0.3, -0.25) is 0 Å². The highest BCUT2D eigenvalue weighted by molar-refractivity contribution is 5.58. The molecule has 0 fully saturated rings. The number of hydrogen-bond donors (Lipinski definition) is 1. The third-order valence-corrected chi connectivity index (χ3v) is 2.41. The molecule has 0 heterocycles.